The molecule has 2 heterocycles. The van der Waals surface area contributed by atoms with E-state index >= 15 is 0 Å². The third kappa shape index (κ3) is 6.79. The van der Waals surface area contributed by atoms with E-state index < -0.39 is 5.69 Å². The van der Waals surface area contributed by atoms with Gasteiger partial charge in [-0.1, -0.05) is 178 Å². The fraction of sp³-hybridized carbons (Fsp3) is 0.0462. The predicted octanol–water partition coefficient (Wildman–Crippen LogP) is 15.8. The number of rotatable bonds is 8. The lowest BCUT2D eigenvalue weighted by molar-refractivity contribution is 0.660. The summed E-state index contributed by atoms with van der Waals surface area (Å²) < 4.78 is 9.22. The van der Waals surface area contributed by atoms with Crippen LogP contribution in [0.5, 0.6) is 0 Å². The Labute approximate surface area is 410 Å². The van der Waals surface area contributed by atoms with Crippen LogP contribution >= 0.6 is 0 Å². The Kier molecular flexibility index (Phi) is 9.71. The van der Waals surface area contributed by atoms with Crippen LogP contribution < -0.4 is 16.1 Å². The number of benzene rings is 10. The second kappa shape index (κ2) is 16.5. The lowest BCUT2D eigenvalue weighted by atomic mass is 9.82. The number of aromatic nitrogens is 2. The van der Waals surface area contributed by atoms with Gasteiger partial charge >= 0.3 is 5.69 Å². The van der Waals surface area contributed by atoms with Gasteiger partial charge in [0.1, 0.15) is 11.2 Å². The zero-order valence-corrected chi connectivity index (χ0v) is 39.1. The van der Waals surface area contributed by atoms with Gasteiger partial charge in [0.05, 0.1) is 28.0 Å². The zero-order valence-electron chi connectivity index (χ0n) is 39.1. The van der Waals surface area contributed by atoms with E-state index in [4.69, 9.17) is 4.42 Å². The fourth-order valence-electron chi connectivity index (χ4n) is 10.9. The maximum Gasteiger partial charge on any atom is 0.340 e. The summed E-state index contributed by atoms with van der Waals surface area (Å²) in [7, 11) is 0. The highest BCUT2D eigenvalue weighted by Gasteiger charge is 2.37. The van der Waals surface area contributed by atoms with Crippen LogP contribution in [0.2, 0.25) is 0 Å². The Balaban J connectivity index is 0.866. The van der Waals surface area contributed by atoms with Crippen LogP contribution in [0, 0.1) is 0 Å². The lowest BCUT2D eigenvalue weighted by Gasteiger charge is -2.29. The average Bonchev–Trinajstić information content (AvgIpc) is 3.92. The monoisotopic (exact) mass is 915 g/mol. The first-order valence-electron chi connectivity index (χ1n) is 24.0. The molecule has 6 nitrogen and oxygen atoms in total. The van der Waals surface area contributed by atoms with Crippen molar-refractivity contribution in [2.45, 2.75) is 19.3 Å². The molecule has 2 aromatic heterocycles. The molecule has 0 fully saturated rings. The number of nitrogens with zero attached hydrogens (tertiary/aromatic N) is 3. The largest absolute Gasteiger partial charge is 0.455 e. The number of furan rings is 1. The van der Waals surface area contributed by atoms with Gasteiger partial charge in [0.25, 0.3) is 5.56 Å². The van der Waals surface area contributed by atoms with E-state index in [9.17, 15) is 9.59 Å². The molecular weight excluding hydrogens is 871 g/mol. The van der Waals surface area contributed by atoms with Crippen LogP contribution in [0.25, 0.3) is 88.7 Å². The van der Waals surface area contributed by atoms with Crippen LogP contribution in [-0.2, 0) is 5.41 Å². The summed E-state index contributed by atoms with van der Waals surface area (Å²) >= 11 is 0. The molecule has 338 valence electrons. The average molecular weight is 916 g/mol. The molecule has 0 radical (unpaired) electrons. The van der Waals surface area contributed by atoms with E-state index in [1.165, 1.54) is 26.8 Å². The van der Waals surface area contributed by atoms with Gasteiger partial charge in [-0.15, -0.1) is 0 Å². The summed E-state index contributed by atoms with van der Waals surface area (Å²) in [5.74, 6) is 0. The Morgan fingerprint density at radius 1 is 0.423 bits per heavy atom. The molecule has 13 rings (SSSR count). The van der Waals surface area contributed by atoms with E-state index in [-0.39, 0.29) is 11.0 Å². The normalized spacial score (nSPS) is 12.6. The Morgan fingerprint density at radius 2 is 0.986 bits per heavy atom. The van der Waals surface area contributed by atoms with Gasteiger partial charge in [-0.2, -0.15) is 0 Å². The number of anilines is 3. The molecule has 71 heavy (non-hydrogen) atoms. The molecule has 0 N–H and O–H groups in total. The highest BCUT2D eigenvalue weighted by atomic mass is 16.3. The highest BCUT2D eigenvalue weighted by molar-refractivity contribution is 6.09. The van der Waals surface area contributed by atoms with Crippen molar-refractivity contribution in [2.24, 2.45) is 0 Å². The first-order valence-corrected chi connectivity index (χ1v) is 24.0. The standard InChI is InChI=1S/C65H45N3O3/c1-65(2)56-24-9-6-20-54(56)61-57(65)25-14-27-59(61)66(50-18-12-17-46(41-50)42-15-4-3-5-16-42)47-35-29-43(30-36-47)44-31-37-48(38-32-44)67-58-26-10-7-21-55(58)63(69)68(64(67)70)49-39-33-45(34-40-49)51-22-13-23-53-52-19-8-11-28-60(52)71-62(51)53/h3-41H,1-2H3. The molecule has 0 amide bonds. The first-order chi connectivity index (χ1) is 34.8. The molecule has 6 heteroatoms. The second-order valence-corrected chi connectivity index (χ2v) is 18.8. The fourth-order valence-corrected chi connectivity index (χ4v) is 10.9. The summed E-state index contributed by atoms with van der Waals surface area (Å²) in [6.07, 6.45) is 0. The van der Waals surface area contributed by atoms with Crippen LogP contribution in [0.4, 0.5) is 17.1 Å². The van der Waals surface area contributed by atoms with Gasteiger partial charge < -0.3 is 9.32 Å². The molecule has 0 aliphatic heterocycles. The van der Waals surface area contributed by atoms with Crippen LogP contribution in [0.1, 0.15) is 25.0 Å². The van der Waals surface area contributed by atoms with Gasteiger partial charge in [-0.25, -0.2) is 9.36 Å². The van der Waals surface area contributed by atoms with Gasteiger partial charge in [-0.05, 0) is 117 Å². The van der Waals surface area contributed by atoms with E-state index in [1.54, 1.807) is 10.6 Å². The third-order valence-electron chi connectivity index (χ3n) is 14.4. The topological polar surface area (TPSA) is 60.4 Å². The summed E-state index contributed by atoms with van der Waals surface area (Å²) in [5.41, 5.74) is 16.9. The molecule has 0 atom stereocenters. The smallest absolute Gasteiger partial charge is 0.340 e. The Bertz CT molecular complexity index is 4160. The minimum atomic E-state index is -0.451. The SMILES string of the molecule is CC1(C)c2ccccc2-c2c(N(c3ccc(-c4ccc(-n5c(=O)n(-c6ccc(-c7cccc8c7oc7ccccc78)cc6)c(=O)c6ccccc65)cc4)cc3)c3cccc(-c4ccccc4)c3)cccc21. The zero-order chi connectivity index (χ0) is 47.8. The molecule has 10 aromatic carbocycles. The molecule has 1 aliphatic rings. The molecular formula is C65H45N3O3. The van der Waals surface area contributed by atoms with E-state index in [2.05, 4.69) is 152 Å². The van der Waals surface area contributed by atoms with Crippen molar-refractivity contribution in [2.75, 3.05) is 4.90 Å². The summed E-state index contributed by atoms with van der Waals surface area (Å²) in [4.78, 5) is 31.3. The quantitative estimate of drug-likeness (QED) is 0.152. The first kappa shape index (κ1) is 41.9. The number of hydrogen-bond acceptors (Lipinski definition) is 4. The Morgan fingerprint density at radius 3 is 1.77 bits per heavy atom. The highest BCUT2D eigenvalue weighted by Crippen LogP contribution is 2.54. The van der Waals surface area contributed by atoms with Crippen molar-refractivity contribution in [1.82, 2.24) is 9.13 Å². The van der Waals surface area contributed by atoms with Crippen molar-refractivity contribution in [3.63, 3.8) is 0 Å². The minimum Gasteiger partial charge on any atom is -0.455 e. The van der Waals surface area contributed by atoms with Crippen LogP contribution in [-0.4, -0.2) is 9.13 Å². The summed E-state index contributed by atoms with van der Waals surface area (Å²) in [6.45, 7) is 4.64. The second-order valence-electron chi connectivity index (χ2n) is 18.8. The molecule has 1 aliphatic carbocycles. The maximum absolute atomic E-state index is 14.7. The Hall–Kier alpha value is -9.26. The van der Waals surface area contributed by atoms with Gasteiger partial charge in [0, 0.05) is 38.7 Å². The van der Waals surface area contributed by atoms with Crippen LogP contribution in [0.15, 0.2) is 251 Å². The molecule has 0 saturated carbocycles. The van der Waals surface area contributed by atoms with Crippen molar-refractivity contribution < 1.29 is 4.42 Å². The van der Waals surface area contributed by atoms with Crippen LogP contribution in [0.3, 0.4) is 0 Å². The lowest BCUT2D eigenvalue weighted by Crippen LogP contribution is -2.38. The van der Waals surface area contributed by atoms with Crippen molar-refractivity contribution in [3.05, 3.63) is 269 Å². The molecule has 12 aromatic rings. The molecule has 0 saturated heterocycles. The minimum absolute atomic E-state index is 0.150. The van der Waals surface area contributed by atoms with Gasteiger partial charge in [0.2, 0.25) is 0 Å². The third-order valence-corrected chi connectivity index (χ3v) is 14.4. The number of fused-ring (bicyclic) bond motifs is 7. The van der Waals surface area contributed by atoms with E-state index in [1.807, 2.05) is 97.1 Å². The summed E-state index contributed by atoms with van der Waals surface area (Å²) in [6, 6.07) is 80.5. The van der Waals surface area contributed by atoms with Gasteiger partial charge in [0.15, 0.2) is 0 Å². The van der Waals surface area contributed by atoms with Crippen molar-refractivity contribution >= 4 is 49.9 Å². The number of para-hydroxylation sites is 3. The van der Waals surface area contributed by atoms with E-state index in [0.29, 0.717) is 22.3 Å². The van der Waals surface area contributed by atoms with Gasteiger partial charge in [-0.3, -0.25) is 9.36 Å². The summed E-state index contributed by atoms with van der Waals surface area (Å²) in [5, 5.41) is 2.53. The number of hydrogen-bond donors (Lipinski definition) is 0. The molecule has 0 bridgehead atoms. The van der Waals surface area contributed by atoms with Crippen molar-refractivity contribution in [3.8, 4) is 55.9 Å². The predicted molar refractivity (Wildman–Crippen MR) is 291 cm³/mol. The molecule has 0 unspecified atom stereocenters. The van der Waals surface area contributed by atoms with E-state index in [0.717, 1.165) is 72.4 Å². The molecule has 0 spiro atoms. The van der Waals surface area contributed by atoms with Crippen molar-refractivity contribution in [1.29, 1.82) is 0 Å². The maximum atomic E-state index is 14.7.